The van der Waals surface area contributed by atoms with E-state index in [-0.39, 0.29) is 31.3 Å². The first-order chi connectivity index (χ1) is 23.2. The number of pyridine rings is 2. The Hall–Kier alpha value is -5.22. The maximum atomic E-state index is 15.1. The molecule has 0 aliphatic rings. The number of hydrogen-bond acceptors (Lipinski definition) is 2. The number of benzene rings is 5. The monoisotopic (exact) mass is 819 g/mol. The van der Waals surface area contributed by atoms with Gasteiger partial charge in [-0.15, -0.1) is 35.9 Å². The molecule has 0 aliphatic carbocycles. The minimum atomic E-state index is -0.305. The largest absolute Gasteiger partial charge is 3.00 e. The van der Waals surface area contributed by atoms with Crippen LogP contribution in [0.1, 0.15) is 31.9 Å². The first-order valence-corrected chi connectivity index (χ1v) is 15.9. The van der Waals surface area contributed by atoms with Crippen molar-refractivity contribution in [2.75, 3.05) is 0 Å². The standard InChI is InChI=1S/C27H15FNO.C17H20N.Ir/c28-23-14-13-21-20-8-5-9-22(24-10-3-4-15-29-24)26(20)30-27(21)25(23)19-12-11-17-6-1-2-7-18(17)16-19;1-13-8-6-7-9-15(13)16-11-10-14(12-18(16)5)17(2,3)4;/h1-8,10-16H;6-12H,1,5H2,2-4H3;/q2*-1;+3. The third kappa shape index (κ3) is 6.61. The van der Waals surface area contributed by atoms with Crippen molar-refractivity contribution >= 4 is 32.7 Å². The van der Waals surface area contributed by atoms with Gasteiger partial charge in [0, 0.05) is 18.6 Å². The molecule has 3 nitrogen and oxygen atoms in total. The van der Waals surface area contributed by atoms with Crippen LogP contribution in [-0.4, -0.2) is 4.98 Å². The molecule has 0 saturated heterocycles. The summed E-state index contributed by atoms with van der Waals surface area (Å²) in [5.74, 6) is -0.305. The van der Waals surface area contributed by atoms with Crippen molar-refractivity contribution in [1.82, 2.24) is 4.98 Å². The Morgan fingerprint density at radius 1 is 0.776 bits per heavy atom. The van der Waals surface area contributed by atoms with Crippen LogP contribution in [-0.2, 0) is 25.5 Å². The molecule has 0 fully saturated rings. The Morgan fingerprint density at radius 2 is 1.51 bits per heavy atom. The average Bonchev–Trinajstić information content (AvgIpc) is 3.47. The molecule has 5 aromatic carbocycles. The van der Waals surface area contributed by atoms with Gasteiger partial charge in [-0.05, 0) is 57.3 Å². The molecule has 0 unspecified atom stereocenters. The average molecular weight is 819 g/mol. The van der Waals surface area contributed by atoms with Gasteiger partial charge in [-0.3, -0.25) is 0 Å². The third-order valence-electron chi connectivity index (χ3n) is 8.69. The molecule has 0 saturated carbocycles. The Balaban J connectivity index is 0.000000189. The molecule has 242 valence electrons. The van der Waals surface area contributed by atoms with Crippen LogP contribution in [0.15, 0.2) is 138 Å². The van der Waals surface area contributed by atoms with Gasteiger partial charge in [-0.1, -0.05) is 98.5 Å². The van der Waals surface area contributed by atoms with Crippen molar-refractivity contribution in [2.24, 2.45) is 0 Å². The summed E-state index contributed by atoms with van der Waals surface area (Å²) in [6.45, 7) is 10.7. The molecule has 0 amide bonds. The molecule has 0 bridgehead atoms. The minimum Gasteiger partial charge on any atom is -0.500 e. The second-order valence-electron chi connectivity index (χ2n) is 13.0. The number of halogens is 1. The van der Waals surface area contributed by atoms with Crippen LogP contribution in [0.4, 0.5) is 4.39 Å². The predicted molar refractivity (Wildman–Crippen MR) is 195 cm³/mol. The van der Waals surface area contributed by atoms with Gasteiger partial charge < -0.3 is 14.0 Å². The summed E-state index contributed by atoms with van der Waals surface area (Å²) in [6.07, 6.45) is 3.84. The minimum absolute atomic E-state index is 0. The molecule has 0 spiro atoms. The number of nitrogens with zero attached hydrogens (tertiary/aromatic N) is 2. The van der Waals surface area contributed by atoms with E-state index in [2.05, 4.69) is 70.2 Å². The number of fused-ring (bicyclic) bond motifs is 4. The fourth-order valence-electron chi connectivity index (χ4n) is 6.10. The van der Waals surface area contributed by atoms with E-state index in [0.717, 1.165) is 55.2 Å². The summed E-state index contributed by atoms with van der Waals surface area (Å²) < 4.78 is 23.3. The number of furan rings is 1. The SMILES string of the molecule is Fc1ccc2c(oc3c(-c4ccccn4)[c-]ccc32)c1-c1ccc2ccccc2c1.[CH2-]c1ccccc1-c1ccc(C(C)(C)C)c[n+]1[CH2-].[Ir+3]. The van der Waals surface area contributed by atoms with E-state index >= 15 is 4.39 Å². The van der Waals surface area contributed by atoms with Crippen LogP contribution >= 0.6 is 0 Å². The maximum absolute atomic E-state index is 15.1. The summed E-state index contributed by atoms with van der Waals surface area (Å²) in [5, 5.41) is 3.97. The Morgan fingerprint density at radius 3 is 2.24 bits per heavy atom. The second kappa shape index (κ2) is 13.7. The molecule has 8 aromatic rings. The summed E-state index contributed by atoms with van der Waals surface area (Å²) in [7, 11) is 4.10. The second-order valence-corrected chi connectivity index (χ2v) is 13.0. The van der Waals surface area contributed by atoms with Gasteiger partial charge in [0.2, 0.25) is 0 Å². The number of rotatable bonds is 3. The maximum Gasteiger partial charge on any atom is 3.00 e. The fraction of sp³-hybridized carbons (Fsp3) is 0.0909. The van der Waals surface area contributed by atoms with E-state index < -0.39 is 0 Å². The molecule has 3 heterocycles. The van der Waals surface area contributed by atoms with Gasteiger partial charge in [0.25, 0.3) is 0 Å². The van der Waals surface area contributed by atoms with Crippen LogP contribution in [0.25, 0.3) is 66.4 Å². The summed E-state index contributed by atoms with van der Waals surface area (Å²) in [4.78, 5) is 4.44. The van der Waals surface area contributed by atoms with Crippen LogP contribution in [0, 0.1) is 25.9 Å². The zero-order valence-electron chi connectivity index (χ0n) is 27.6. The number of hydrogen-bond donors (Lipinski definition) is 0. The summed E-state index contributed by atoms with van der Waals surface area (Å²) in [6, 6.07) is 42.5. The zero-order valence-corrected chi connectivity index (χ0v) is 30.0. The molecule has 5 heteroatoms. The van der Waals surface area contributed by atoms with Crippen molar-refractivity contribution in [3.8, 4) is 33.6 Å². The van der Waals surface area contributed by atoms with E-state index in [1.807, 2.05) is 95.6 Å². The van der Waals surface area contributed by atoms with Gasteiger partial charge >= 0.3 is 20.1 Å². The molecule has 8 rings (SSSR count). The number of aromatic nitrogens is 2. The van der Waals surface area contributed by atoms with E-state index in [1.165, 1.54) is 11.6 Å². The molecule has 0 aliphatic heterocycles. The Kier molecular flexibility index (Phi) is 9.43. The predicted octanol–water partition coefficient (Wildman–Crippen LogP) is 11.2. The molecule has 0 atom stereocenters. The molecule has 0 N–H and O–H groups in total. The van der Waals surface area contributed by atoms with Crippen molar-refractivity contribution in [2.45, 2.75) is 26.2 Å². The van der Waals surface area contributed by atoms with E-state index in [4.69, 9.17) is 4.42 Å². The van der Waals surface area contributed by atoms with E-state index in [9.17, 15) is 0 Å². The van der Waals surface area contributed by atoms with E-state index in [1.54, 1.807) is 12.3 Å². The van der Waals surface area contributed by atoms with Crippen molar-refractivity contribution in [3.05, 3.63) is 171 Å². The topological polar surface area (TPSA) is 29.9 Å². The van der Waals surface area contributed by atoms with Crippen LogP contribution < -0.4 is 4.57 Å². The quantitative estimate of drug-likeness (QED) is 0.131. The van der Waals surface area contributed by atoms with Crippen LogP contribution in [0.2, 0.25) is 0 Å². The smallest absolute Gasteiger partial charge is 0.500 e. The van der Waals surface area contributed by atoms with Gasteiger partial charge in [0.15, 0.2) is 0 Å². The van der Waals surface area contributed by atoms with Crippen LogP contribution in [0.3, 0.4) is 0 Å². The molecule has 3 aromatic heterocycles. The van der Waals surface area contributed by atoms with Crippen LogP contribution in [0.5, 0.6) is 0 Å². The Labute approximate surface area is 300 Å². The zero-order chi connectivity index (χ0) is 33.4. The molecule has 0 radical (unpaired) electrons. The first kappa shape index (κ1) is 33.7. The van der Waals surface area contributed by atoms with Gasteiger partial charge in [0.1, 0.15) is 11.4 Å². The normalized spacial score (nSPS) is 11.3. The van der Waals surface area contributed by atoms with Gasteiger partial charge in [-0.2, -0.15) is 18.6 Å². The molecular weight excluding hydrogens is 784 g/mol. The van der Waals surface area contributed by atoms with Crippen molar-refractivity contribution in [3.63, 3.8) is 0 Å². The summed E-state index contributed by atoms with van der Waals surface area (Å²) >= 11 is 0. The summed E-state index contributed by atoms with van der Waals surface area (Å²) in [5.41, 5.74) is 8.69. The van der Waals surface area contributed by atoms with E-state index in [0.29, 0.717) is 16.7 Å². The molecular formula is C44H35FIrN2O+. The van der Waals surface area contributed by atoms with Gasteiger partial charge in [0.05, 0.1) is 23.0 Å². The van der Waals surface area contributed by atoms with Crippen molar-refractivity contribution < 1.29 is 33.5 Å². The van der Waals surface area contributed by atoms with Crippen molar-refractivity contribution in [1.29, 1.82) is 0 Å². The first-order valence-electron chi connectivity index (χ1n) is 15.9. The Bertz CT molecular complexity index is 2430. The van der Waals surface area contributed by atoms with Gasteiger partial charge in [-0.25, -0.2) is 4.39 Å². The fourth-order valence-corrected chi connectivity index (χ4v) is 6.10. The molecule has 49 heavy (non-hydrogen) atoms. The third-order valence-corrected chi connectivity index (χ3v) is 8.69.